The molecule has 3 aromatic carbocycles. The number of benzene rings is 3. The van der Waals surface area contributed by atoms with Crippen molar-refractivity contribution in [1.29, 1.82) is 0 Å². The van der Waals surface area contributed by atoms with Crippen molar-refractivity contribution in [2.45, 2.75) is 45.1 Å². The number of halogens is 1. The second-order valence-electron chi connectivity index (χ2n) is 9.79. The van der Waals surface area contributed by atoms with Crippen LogP contribution in [-0.4, -0.2) is 26.6 Å². The van der Waals surface area contributed by atoms with Gasteiger partial charge in [0.25, 0.3) is 5.56 Å². The molecule has 2 aromatic heterocycles. The first kappa shape index (κ1) is 27.4. The molecule has 3 N–H and O–H groups in total. The molecule has 0 spiro atoms. The Balaban J connectivity index is 1.63. The summed E-state index contributed by atoms with van der Waals surface area (Å²) in [6.45, 7) is 2.10. The lowest BCUT2D eigenvalue weighted by molar-refractivity contribution is -0.136. The van der Waals surface area contributed by atoms with Crippen LogP contribution in [0.5, 0.6) is 5.75 Å². The number of fused-ring (bicyclic) bond motifs is 1. The second-order valence-corrected chi connectivity index (χ2v) is 10.2. The fourth-order valence-corrected chi connectivity index (χ4v) is 4.93. The molecule has 0 radical (unpaired) electrons. The Labute approximate surface area is 237 Å². The zero-order chi connectivity index (χ0) is 28.1. The minimum Gasteiger partial charge on any atom is -0.425 e. The maximum Gasteiger partial charge on any atom is 0.328 e. The third-order valence-corrected chi connectivity index (χ3v) is 7.09. The van der Waals surface area contributed by atoms with Gasteiger partial charge in [0, 0.05) is 28.6 Å². The number of esters is 1. The van der Waals surface area contributed by atoms with Crippen LogP contribution in [0.2, 0.25) is 5.02 Å². The van der Waals surface area contributed by atoms with E-state index < -0.39 is 12.0 Å². The van der Waals surface area contributed by atoms with Crippen LogP contribution >= 0.6 is 11.6 Å². The Morgan fingerprint density at radius 2 is 1.75 bits per heavy atom. The molecule has 0 aliphatic carbocycles. The number of rotatable bonds is 10. The van der Waals surface area contributed by atoms with Crippen molar-refractivity contribution in [2.75, 3.05) is 0 Å². The molecule has 0 amide bonds. The van der Waals surface area contributed by atoms with E-state index in [0.717, 1.165) is 41.6 Å². The molecule has 204 valence electrons. The average Bonchev–Trinajstić information content (AvgIpc) is 3.31. The van der Waals surface area contributed by atoms with Crippen LogP contribution in [0, 0.1) is 0 Å². The van der Waals surface area contributed by atoms with Crippen molar-refractivity contribution in [3.05, 3.63) is 112 Å². The van der Waals surface area contributed by atoms with Gasteiger partial charge in [-0.25, -0.2) is 9.31 Å². The molecule has 0 bridgehead atoms. The number of nitrogens with one attached hydrogen (secondary N) is 1. The summed E-state index contributed by atoms with van der Waals surface area (Å²) in [6.07, 6.45) is 4.00. The van der Waals surface area contributed by atoms with E-state index >= 15 is 0 Å². The molecule has 1 atom stereocenters. The topological polar surface area (TPSA) is 102 Å². The van der Waals surface area contributed by atoms with E-state index in [-0.39, 0.29) is 5.56 Å². The fourth-order valence-electron chi connectivity index (χ4n) is 4.80. The highest BCUT2D eigenvalue weighted by atomic mass is 35.5. The van der Waals surface area contributed by atoms with Crippen molar-refractivity contribution in [2.24, 2.45) is 5.73 Å². The lowest BCUT2D eigenvalue weighted by atomic mass is 10.0. The number of nitrogens with zero attached hydrogens (tertiary/aromatic N) is 2. The summed E-state index contributed by atoms with van der Waals surface area (Å²) in [5, 5.41) is 5.59. The molecule has 2 heterocycles. The van der Waals surface area contributed by atoms with Gasteiger partial charge >= 0.3 is 5.97 Å². The average molecular weight is 555 g/mol. The number of para-hydroxylation sites is 1. The third-order valence-electron chi connectivity index (χ3n) is 6.84. The molecule has 0 saturated carbocycles. The van der Waals surface area contributed by atoms with Crippen LogP contribution in [-0.2, 0) is 11.2 Å². The standard InChI is InChI=1S/C32H31ClN4O3/c1-2-3-5-13-25(34)32(39)40-28-14-9-8-12-24(28)27-20-29(38)35-31-30(22-15-17-23(33)18-16-22)26(36-37(27)31)19-21-10-6-4-7-11-21/h4,6-12,14-18,20,25H,2-3,5,13,19,34H2,1H3,(H,35,38)/t25-/m0/s1. The molecular formula is C32H31ClN4O3. The molecule has 8 heteroatoms. The van der Waals surface area contributed by atoms with Crippen LogP contribution in [0.1, 0.15) is 43.9 Å². The predicted octanol–water partition coefficient (Wildman–Crippen LogP) is 6.41. The summed E-state index contributed by atoms with van der Waals surface area (Å²) in [7, 11) is 0. The largest absolute Gasteiger partial charge is 0.425 e. The normalized spacial score (nSPS) is 12.0. The van der Waals surface area contributed by atoms with Crippen molar-refractivity contribution >= 4 is 23.2 Å². The number of carbonyl (C=O) groups is 1. The summed E-state index contributed by atoms with van der Waals surface area (Å²) in [5.74, 6) is -0.185. The smallest absolute Gasteiger partial charge is 0.328 e. The first-order valence-electron chi connectivity index (χ1n) is 13.5. The van der Waals surface area contributed by atoms with Gasteiger partial charge in [-0.15, -0.1) is 0 Å². The zero-order valence-corrected chi connectivity index (χ0v) is 23.0. The number of aromatic amines is 1. The van der Waals surface area contributed by atoms with Gasteiger partial charge in [0.15, 0.2) is 0 Å². The highest BCUT2D eigenvalue weighted by Crippen LogP contribution is 2.34. The highest BCUT2D eigenvalue weighted by Gasteiger charge is 2.22. The maximum atomic E-state index is 13.0. The SMILES string of the molecule is CCCCC[C@H](N)C(=O)Oc1ccccc1-c1cc(=O)[nH]c2c(-c3ccc(Cl)cc3)c(Cc3ccccc3)nn12. The number of aromatic nitrogens is 3. The molecule has 0 saturated heterocycles. The van der Waals surface area contributed by atoms with Crippen molar-refractivity contribution < 1.29 is 9.53 Å². The van der Waals surface area contributed by atoms with Crippen LogP contribution in [0.25, 0.3) is 28.0 Å². The van der Waals surface area contributed by atoms with E-state index in [9.17, 15) is 9.59 Å². The molecular weight excluding hydrogens is 524 g/mol. The van der Waals surface area contributed by atoms with Crippen molar-refractivity contribution in [3.63, 3.8) is 0 Å². The van der Waals surface area contributed by atoms with Gasteiger partial charge < -0.3 is 15.5 Å². The first-order valence-corrected chi connectivity index (χ1v) is 13.8. The summed E-state index contributed by atoms with van der Waals surface area (Å²) in [5.41, 5.74) is 10.9. The lowest BCUT2D eigenvalue weighted by Crippen LogP contribution is -2.34. The van der Waals surface area contributed by atoms with Gasteiger partial charge in [0.05, 0.1) is 11.4 Å². The Hall–Kier alpha value is -4.20. The Morgan fingerprint density at radius 3 is 2.50 bits per heavy atom. The minimum absolute atomic E-state index is 0.304. The number of ether oxygens (including phenoxy) is 1. The van der Waals surface area contributed by atoms with E-state index in [4.69, 9.17) is 27.2 Å². The molecule has 0 fully saturated rings. The van der Waals surface area contributed by atoms with Crippen molar-refractivity contribution in [3.8, 4) is 28.1 Å². The number of carbonyl (C=O) groups excluding carboxylic acids is 1. The third kappa shape index (κ3) is 6.01. The second kappa shape index (κ2) is 12.3. The first-order chi connectivity index (χ1) is 19.4. The quantitative estimate of drug-likeness (QED) is 0.118. The molecule has 0 aliphatic heterocycles. The van der Waals surface area contributed by atoms with Gasteiger partial charge in [-0.05, 0) is 41.8 Å². The molecule has 5 aromatic rings. The Bertz CT molecular complexity index is 1680. The van der Waals surface area contributed by atoms with Crippen LogP contribution in [0.4, 0.5) is 0 Å². The van der Waals surface area contributed by atoms with Gasteiger partial charge in [-0.2, -0.15) is 5.10 Å². The molecule has 0 unspecified atom stereocenters. The zero-order valence-electron chi connectivity index (χ0n) is 22.3. The number of nitrogens with two attached hydrogens (primary N) is 1. The maximum absolute atomic E-state index is 13.0. The molecule has 7 nitrogen and oxygen atoms in total. The Morgan fingerprint density at radius 1 is 1.02 bits per heavy atom. The number of hydrogen-bond acceptors (Lipinski definition) is 5. The van der Waals surface area contributed by atoms with E-state index in [1.165, 1.54) is 6.07 Å². The van der Waals surface area contributed by atoms with E-state index in [1.54, 1.807) is 22.7 Å². The lowest BCUT2D eigenvalue weighted by Gasteiger charge is -2.14. The van der Waals surface area contributed by atoms with Gasteiger partial charge in [0.1, 0.15) is 17.4 Å². The summed E-state index contributed by atoms with van der Waals surface area (Å²) in [4.78, 5) is 28.9. The number of H-pyrrole nitrogens is 1. The van der Waals surface area contributed by atoms with E-state index in [0.29, 0.717) is 40.5 Å². The predicted molar refractivity (Wildman–Crippen MR) is 159 cm³/mol. The van der Waals surface area contributed by atoms with Crippen LogP contribution in [0.3, 0.4) is 0 Å². The minimum atomic E-state index is -0.725. The van der Waals surface area contributed by atoms with E-state index in [1.807, 2.05) is 60.7 Å². The van der Waals surface area contributed by atoms with Crippen LogP contribution < -0.4 is 16.0 Å². The summed E-state index contributed by atoms with van der Waals surface area (Å²) >= 11 is 6.18. The summed E-state index contributed by atoms with van der Waals surface area (Å²) < 4.78 is 7.49. The van der Waals surface area contributed by atoms with Gasteiger partial charge in [-0.1, -0.05) is 92.4 Å². The van der Waals surface area contributed by atoms with Gasteiger partial charge in [-0.3, -0.25) is 4.79 Å². The monoisotopic (exact) mass is 554 g/mol. The summed E-state index contributed by atoms with van der Waals surface area (Å²) in [6, 6.07) is 25.3. The number of unbranched alkanes of at least 4 members (excludes halogenated alkanes) is 2. The molecule has 40 heavy (non-hydrogen) atoms. The molecule has 5 rings (SSSR count). The van der Waals surface area contributed by atoms with E-state index in [2.05, 4.69) is 11.9 Å². The van der Waals surface area contributed by atoms with Crippen molar-refractivity contribution in [1.82, 2.24) is 14.6 Å². The highest BCUT2D eigenvalue weighted by molar-refractivity contribution is 6.30. The fraction of sp³-hybridized carbons (Fsp3) is 0.219. The van der Waals surface area contributed by atoms with Crippen LogP contribution in [0.15, 0.2) is 89.7 Å². The molecule has 0 aliphatic rings. The number of hydrogen-bond donors (Lipinski definition) is 2. The van der Waals surface area contributed by atoms with Gasteiger partial charge in [0.2, 0.25) is 0 Å². The Kier molecular flexibility index (Phi) is 8.43.